The molecule has 0 radical (unpaired) electrons. The quantitative estimate of drug-likeness (QED) is 0.617. The van der Waals surface area contributed by atoms with Gasteiger partial charge in [0.1, 0.15) is 0 Å². The molecule has 0 aromatic carbocycles. The minimum absolute atomic E-state index is 0.153. The van der Waals surface area contributed by atoms with Crippen LogP contribution in [-0.4, -0.2) is 29.1 Å². The van der Waals surface area contributed by atoms with Gasteiger partial charge < -0.3 is 0 Å². The fourth-order valence-corrected chi connectivity index (χ4v) is 2.22. The molecule has 1 unspecified atom stereocenters. The Morgan fingerprint density at radius 2 is 2.17 bits per heavy atom. The molecule has 0 aromatic rings. The summed E-state index contributed by atoms with van der Waals surface area (Å²) in [7, 11) is 1.78. The van der Waals surface area contributed by atoms with E-state index in [4.69, 9.17) is 0 Å². The summed E-state index contributed by atoms with van der Waals surface area (Å²) in [5.41, 5.74) is 3.35. The number of nitrogens with zero attached hydrogens (tertiary/aromatic N) is 1. The van der Waals surface area contributed by atoms with Crippen LogP contribution in [0.25, 0.3) is 0 Å². The van der Waals surface area contributed by atoms with Gasteiger partial charge in [-0.15, -0.1) is 11.8 Å². The third-order valence-electron chi connectivity index (χ3n) is 1.85. The normalized spacial score (nSPS) is 26.2. The van der Waals surface area contributed by atoms with Crippen LogP contribution in [-0.2, 0) is 4.79 Å². The standard InChI is InChI=1S/C8H16N2OS/c1-8(2,3)7-9-10(4)6(11)5-12-7/h7,9H,5H2,1-4H3. The van der Waals surface area contributed by atoms with E-state index >= 15 is 0 Å². The van der Waals surface area contributed by atoms with Gasteiger partial charge in [-0.25, -0.2) is 5.43 Å². The lowest BCUT2D eigenvalue weighted by atomic mass is 9.97. The van der Waals surface area contributed by atoms with E-state index in [1.807, 2.05) is 0 Å². The second-order valence-corrected chi connectivity index (χ2v) is 5.23. The molecule has 1 N–H and O–H groups in total. The van der Waals surface area contributed by atoms with E-state index in [9.17, 15) is 4.79 Å². The second-order valence-electron chi connectivity index (χ2n) is 4.14. The molecular weight excluding hydrogens is 172 g/mol. The van der Waals surface area contributed by atoms with Crippen molar-refractivity contribution in [2.75, 3.05) is 12.8 Å². The van der Waals surface area contributed by atoms with Gasteiger partial charge in [-0.1, -0.05) is 20.8 Å². The number of rotatable bonds is 0. The van der Waals surface area contributed by atoms with Crippen LogP contribution in [0.4, 0.5) is 0 Å². The van der Waals surface area contributed by atoms with Crippen molar-refractivity contribution in [1.29, 1.82) is 0 Å². The van der Waals surface area contributed by atoms with Gasteiger partial charge in [0.25, 0.3) is 0 Å². The van der Waals surface area contributed by atoms with Gasteiger partial charge in [0.15, 0.2) is 0 Å². The fraction of sp³-hybridized carbons (Fsp3) is 0.875. The molecule has 1 aliphatic heterocycles. The third-order valence-corrected chi connectivity index (χ3v) is 3.40. The van der Waals surface area contributed by atoms with E-state index < -0.39 is 0 Å². The molecule has 70 valence electrons. The minimum Gasteiger partial charge on any atom is -0.279 e. The second kappa shape index (κ2) is 3.26. The highest BCUT2D eigenvalue weighted by molar-refractivity contribution is 8.00. The number of hydrogen-bond acceptors (Lipinski definition) is 3. The highest BCUT2D eigenvalue weighted by atomic mass is 32.2. The SMILES string of the molecule is CN1NC(C(C)(C)C)SCC1=O. The molecule has 1 amide bonds. The van der Waals surface area contributed by atoms with Gasteiger partial charge in [-0.05, 0) is 5.41 Å². The Balaban J connectivity index is 2.57. The molecule has 1 fully saturated rings. The summed E-state index contributed by atoms with van der Waals surface area (Å²) in [5, 5.41) is 1.92. The lowest BCUT2D eigenvalue weighted by molar-refractivity contribution is -0.131. The number of hydrogen-bond donors (Lipinski definition) is 1. The van der Waals surface area contributed by atoms with Gasteiger partial charge in [0.05, 0.1) is 11.1 Å². The number of carbonyl (C=O) groups is 1. The monoisotopic (exact) mass is 188 g/mol. The summed E-state index contributed by atoms with van der Waals surface area (Å²) in [6.07, 6.45) is 0. The van der Waals surface area contributed by atoms with Crippen molar-refractivity contribution >= 4 is 17.7 Å². The Kier molecular flexibility index (Phi) is 2.68. The van der Waals surface area contributed by atoms with E-state index in [1.54, 1.807) is 23.8 Å². The van der Waals surface area contributed by atoms with E-state index in [0.717, 1.165) is 0 Å². The number of amides is 1. The predicted octanol–water partition coefficient (Wildman–Crippen LogP) is 1.07. The Labute approximate surface area is 77.9 Å². The molecule has 1 atom stereocenters. The molecule has 0 saturated carbocycles. The fourth-order valence-electron chi connectivity index (χ4n) is 0.980. The number of hydrazine groups is 1. The molecule has 0 bridgehead atoms. The number of thioether (sulfide) groups is 1. The molecular formula is C8H16N2OS. The average molecular weight is 188 g/mol. The van der Waals surface area contributed by atoms with Gasteiger partial charge in [0, 0.05) is 7.05 Å². The van der Waals surface area contributed by atoms with Crippen LogP contribution in [0.1, 0.15) is 20.8 Å². The first-order valence-corrected chi connectivity index (χ1v) is 5.10. The van der Waals surface area contributed by atoms with Gasteiger partial charge >= 0.3 is 0 Å². The van der Waals surface area contributed by atoms with E-state index in [-0.39, 0.29) is 11.3 Å². The third kappa shape index (κ3) is 2.14. The molecule has 1 heterocycles. The summed E-state index contributed by atoms with van der Waals surface area (Å²) in [6.45, 7) is 6.50. The minimum atomic E-state index is 0.153. The highest BCUT2D eigenvalue weighted by Crippen LogP contribution is 2.30. The van der Waals surface area contributed by atoms with Crippen LogP contribution in [0.15, 0.2) is 0 Å². The van der Waals surface area contributed by atoms with Crippen molar-refractivity contribution in [3.05, 3.63) is 0 Å². The maximum Gasteiger partial charge on any atom is 0.246 e. The van der Waals surface area contributed by atoms with Crippen molar-refractivity contribution in [2.45, 2.75) is 26.1 Å². The zero-order valence-corrected chi connectivity index (χ0v) is 8.86. The van der Waals surface area contributed by atoms with E-state index in [1.165, 1.54) is 0 Å². The molecule has 1 saturated heterocycles. The first kappa shape index (κ1) is 9.86. The van der Waals surface area contributed by atoms with Gasteiger partial charge in [-0.3, -0.25) is 9.80 Å². The molecule has 0 aromatic heterocycles. The maximum atomic E-state index is 11.1. The first-order valence-electron chi connectivity index (χ1n) is 4.05. The lowest BCUT2D eigenvalue weighted by Gasteiger charge is -2.38. The zero-order chi connectivity index (χ0) is 9.35. The summed E-state index contributed by atoms with van der Waals surface area (Å²) in [4.78, 5) is 11.1. The lowest BCUT2D eigenvalue weighted by Crippen LogP contribution is -2.54. The Bertz CT molecular complexity index is 188. The van der Waals surface area contributed by atoms with Crippen molar-refractivity contribution < 1.29 is 4.79 Å². The van der Waals surface area contributed by atoms with Gasteiger partial charge in [-0.2, -0.15) is 0 Å². The highest BCUT2D eigenvalue weighted by Gasteiger charge is 2.31. The van der Waals surface area contributed by atoms with Crippen LogP contribution in [0.5, 0.6) is 0 Å². The summed E-state index contributed by atoms with van der Waals surface area (Å²) < 4.78 is 0. The number of carbonyl (C=O) groups excluding carboxylic acids is 1. The summed E-state index contributed by atoms with van der Waals surface area (Å²) in [5.74, 6) is 0.742. The largest absolute Gasteiger partial charge is 0.279 e. The van der Waals surface area contributed by atoms with Crippen molar-refractivity contribution in [3.8, 4) is 0 Å². The van der Waals surface area contributed by atoms with E-state index in [2.05, 4.69) is 26.2 Å². The van der Waals surface area contributed by atoms with Crippen molar-refractivity contribution in [3.63, 3.8) is 0 Å². The first-order chi connectivity index (χ1) is 5.41. The molecule has 12 heavy (non-hydrogen) atoms. The molecule has 0 spiro atoms. The maximum absolute atomic E-state index is 11.1. The van der Waals surface area contributed by atoms with Crippen LogP contribution in [0.3, 0.4) is 0 Å². The van der Waals surface area contributed by atoms with Crippen LogP contribution in [0, 0.1) is 5.41 Å². The smallest absolute Gasteiger partial charge is 0.246 e. The van der Waals surface area contributed by atoms with Crippen LogP contribution >= 0.6 is 11.8 Å². The Morgan fingerprint density at radius 1 is 1.58 bits per heavy atom. The van der Waals surface area contributed by atoms with Crippen LogP contribution < -0.4 is 5.43 Å². The van der Waals surface area contributed by atoms with Crippen LogP contribution in [0.2, 0.25) is 0 Å². The van der Waals surface area contributed by atoms with E-state index in [0.29, 0.717) is 11.1 Å². The molecule has 4 heteroatoms. The summed E-state index contributed by atoms with van der Waals surface area (Å²) in [6, 6.07) is 0. The zero-order valence-electron chi connectivity index (χ0n) is 8.05. The van der Waals surface area contributed by atoms with Gasteiger partial charge in [0.2, 0.25) is 5.91 Å². The van der Waals surface area contributed by atoms with Crippen molar-refractivity contribution in [2.24, 2.45) is 5.41 Å². The molecule has 3 nitrogen and oxygen atoms in total. The Morgan fingerprint density at radius 3 is 2.58 bits per heavy atom. The van der Waals surface area contributed by atoms with Crippen molar-refractivity contribution in [1.82, 2.24) is 10.4 Å². The predicted molar refractivity (Wildman–Crippen MR) is 51.6 cm³/mol. The molecule has 1 aliphatic rings. The number of nitrogens with one attached hydrogen (secondary N) is 1. The molecule has 0 aliphatic carbocycles. The Hall–Kier alpha value is -0.220. The summed E-state index contributed by atoms with van der Waals surface area (Å²) >= 11 is 1.68. The average Bonchev–Trinajstić information content (AvgIpc) is 1.92. The topological polar surface area (TPSA) is 32.3 Å². The molecule has 1 rings (SSSR count).